The Morgan fingerprint density at radius 1 is 0.917 bits per heavy atom. The third-order valence-electron chi connectivity index (χ3n) is 3.74. The monoisotopic (exact) mass is 319 g/mol. The van der Waals surface area contributed by atoms with Gasteiger partial charge in [0.2, 0.25) is 5.95 Å². The van der Waals surface area contributed by atoms with Crippen molar-refractivity contribution < 1.29 is 4.39 Å². The molecule has 118 valence electrons. The molecule has 0 unspecified atom stereocenters. The highest BCUT2D eigenvalue weighted by Crippen LogP contribution is 2.18. The van der Waals surface area contributed by atoms with E-state index in [9.17, 15) is 4.39 Å². The predicted molar refractivity (Wildman–Crippen MR) is 90.4 cm³/mol. The predicted octanol–water partition coefficient (Wildman–Crippen LogP) is 3.57. The fourth-order valence-electron chi connectivity index (χ4n) is 2.52. The largest absolute Gasteiger partial charge is 0.350 e. The van der Waals surface area contributed by atoms with Gasteiger partial charge in [-0.3, -0.25) is 4.57 Å². The number of rotatable bonds is 4. The lowest BCUT2D eigenvalue weighted by Gasteiger charge is -2.07. The van der Waals surface area contributed by atoms with Crippen molar-refractivity contribution >= 4 is 17.0 Å². The van der Waals surface area contributed by atoms with E-state index in [1.165, 1.54) is 0 Å². The number of anilines is 1. The van der Waals surface area contributed by atoms with Gasteiger partial charge in [0.1, 0.15) is 6.33 Å². The van der Waals surface area contributed by atoms with Crippen LogP contribution in [0.25, 0.3) is 16.7 Å². The van der Waals surface area contributed by atoms with Gasteiger partial charge in [0.15, 0.2) is 5.82 Å². The van der Waals surface area contributed by atoms with Crippen molar-refractivity contribution in [2.75, 3.05) is 5.32 Å². The molecule has 2 aromatic heterocycles. The molecule has 2 heterocycles. The molecule has 24 heavy (non-hydrogen) atoms. The molecule has 0 spiro atoms. The molecule has 4 aromatic rings. The molecule has 0 aliphatic heterocycles. The molecule has 0 aliphatic rings. The number of hydrogen-bond donors (Lipinski definition) is 1. The van der Waals surface area contributed by atoms with Gasteiger partial charge in [-0.1, -0.05) is 24.3 Å². The van der Waals surface area contributed by atoms with E-state index >= 15 is 0 Å². The Labute approximate surface area is 137 Å². The van der Waals surface area contributed by atoms with Crippen LogP contribution in [0.5, 0.6) is 0 Å². The maximum Gasteiger partial charge on any atom is 0.223 e. The van der Waals surface area contributed by atoms with Crippen LogP contribution in [0.15, 0.2) is 67.3 Å². The first kappa shape index (κ1) is 14.3. The SMILES string of the molecule is Fc1cnc(NCc2ccc(-n3cnc4ccccc43)cc2)nc1. The Kier molecular flexibility index (Phi) is 3.63. The van der Waals surface area contributed by atoms with Crippen LogP contribution in [0.3, 0.4) is 0 Å². The minimum Gasteiger partial charge on any atom is -0.350 e. The van der Waals surface area contributed by atoms with E-state index in [4.69, 9.17) is 0 Å². The number of benzene rings is 2. The normalized spacial score (nSPS) is 10.9. The maximum absolute atomic E-state index is 12.8. The van der Waals surface area contributed by atoms with Gasteiger partial charge < -0.3 is 5.32 Å². The van der Waals surface area contributed by atoms with Crippen LogP contribution in [0.1, 0.15) is 5.56 Å². The van der Waals surface area contributed by atoms with Crippen molar-refractivity contribution in [2.45, 2.75) is 6.54 Å². The second-order valence-corrected chi connectivity index (χ2v) is 5.35. The minimum absolute atomic E-state index is 0.404. The smallest absolute Gasteiger partial charge is 0.223 e. The second kappa shape index (κ2) is 6.08. The molecule has 0 aliphatic carbocycles. The zero-order valence-corrected chi connectivity index (χ0v) is 12.7. The minimum atomic E-state index is -0.447. The molecule has 0 radical (unpaired) electrons. The third kappa shape index (κ3) is 2.81. The molecule has 4 rings (SSSR count). The van der Waals surface area contributed by atoms with Crippen molar-refractivity contribution in [3.8, 4) is 5.69 Å². The number of fused-ring (bicyclic) bond motifs is 1. The summed E-state index contributed by atoms with van der Waals surface area (Å²) in [7, 11) is 0. The molecule has 6 heteroatoms. The van der Waals surface area contributed by atoms with Gasteiger partial charge in [-0.2, -0.15) is 0 Å². The zero-order chi connectivity index (χ0) is 16.4. The zero-order valence-electron chi connectivity index (χ0n) is 12.7. The molecular weight excluding hydrogens is 305 g/mol. The van der Waals surface area contributed by atoms with Gasteiger partial charge in [-0.25, -0.2) is 19.3 Å². The fourth-order valence-corrected chi connectivity index (χ4v) is 2.52. The summed E-state index contributed by atoms with van der Waals surface area (Å²) in [4.78, 5) is 12.2. The number of imidazole rings is 1. The van der Waals surface area contributed by atoms with E-state index < -0.39 is 5.82 Å². The van der Waals surface area contributed by atoms with E-state index in [1.807, 2.05) is 54.9 Å². The molecule has 0 bridgehead atoms. The van der Waals surface area contributed by atoms with Gasteiger partial charge in [-0.15, -0.1) is 0 Å². The molecule has 0 saturated heterocycles. The summed E-state index contributed by atoms with van der Waals surface area (Å²) in [5, 5.41) is 3.06. The lowest BCUT2D eigenvalue weighted by atomic mass is 10.2. The molecule has 2 aromatic carbocycles. The van der Waals surface area contributed by atoms with Crippen molar-refractivity contribution in [3.63, 3.8) is 0 Å². The topological polar surface area (TPSA) is 55.6 Å². The first-order valence-electron chi connectivity index (χ1n) is 7.52. The number of hydrogen-bond acceptors (Lipinski definition) is 4. The first-order valence-corrected chi connectivity index (χ1v) is 7.52. The van der Waals surface area contributed by atoms with E-state index in [0.29, 0.717) is 12.5 Å². The van der Waals surface area contributed by atoms with Crippen molar-refractivity contribution in [3.05, 3.63) is 78.6 Å². The number of nitrogens with one attached hydrogen (secondary N) is 1. The fraction of sp³-hybridized carbons (Fsp3) is 0.0556. The van der Waals surface area contributed by atoms with Crippen LogP contribution >= 0.6 is 0 Å². The Balaban J connectivity index is 1.51. The number of para-hydroxylation sites is 2. The van der Waals surface area contributed by atoms with Crippen LogP contribution in [-0.2, 0) is 6.54 Å². The molecule has 5 nitrogen and oxygen atoms in total. The van der Waals surface area contributed by atoms with E-state index in [-0.39, 0.29) is 0 Å². The van der Waals surface area contributed by atoms with Gasteiger partial charge >= 0.3 is 0 Å². The summed E-state index contributed by atoms with van der Waals surface area (Å²) >= 11 is 0. The van der Waals surface area contributed by atoms with Crippen LogP contribution in [0.2, 0.25) is 0 Å². The summed E-state index contributed by atoms with van der Waals surface area (Å²) in [6.45, 7) is 0.566. The molecule has 0 saturated carbocycles. The number of aromatic nitrogens is 4. The van der Waals surface area contributed by atoms with E-state index in [0.717, 1.165) is 34.7 Å². The highest BCUT2D eigenvalue weighted by Gasteiger charge is 2.04. The van der Waals surface area contributed by atoms with Gasteiger partial charge in [0.25, 0.3) is 0 Å². The van der Waals surface area contributed by atoms with Crippen molar-refractivity contribution in [1.82, 2.24) is 19.5 Å². The van der Waals surface area contributed by atoms with Gasteiger partial charge in [0.05, 0.1) is 23.4 Å². The van der Waals surface area contributed by atoms with E-state index in [1.54, 1.807) is 0 Å². The third-order valence-corrected chi connectivity index (χ3v) is 3.74. The highest BCUT2D eigenvalue weighted by atomic mass is 19.1. The van der Waals surface area contributed by atoms with Crippen LogP contribution < -0.4 is 5.32 Å². The Hall–Kier alpha value is -3.28. The lowest BCUT2D eigenvalue weighted by Crippen LogP contribution is -2.03. The van der Waals surface area contributed by atoms with Gasteiger partial charge in [0, 0.05) is 12.2 Å². The second-order valence-electron chi connectivity index (χ2n) is 5.35. The lowest BCUT2D eigenvalue weighted by molar-refractivity contribution is 0.614. The summed E-state index contributed by atoms with van der Waals surface area (Å²) in [5.74, 6) is -0.0430. The average Bonchev–Trinajstić information content (AvgIpc) is 3.06. The van der Waals surface area contributed by atoms with Crippen molar-refractivity contribution in [1.29, 1.82) is 0 Å². The molecule has 1 N–H and O–H groups in total. The average molecular weight is 319 g/mol. The summed E-state index contributed by atoms with van der Waals surface area (Å²) < 4.78 is 14.8. The Morgan fingerprint density at radius 3 is 2.46 bits per heavy atom. The standard InChI is InChI=1S/C18H14FN5/c19-14-10-21-18(22-11-14)20-9-13-5-7-15(8-6-13)24-12-23-16-3-1-2-4-17(16)24/h1-8,10-12H,9H2,(H,20,21,22). The first-order chi connectivity index (χ1) is 11.8. The van der Waals surface area contributed by atoms with Crippen LogP contribution in [0.4, 0.5) is 10.3 Å². The highest BCUT2D eigenvalue weighted by molar-refractivity contribution is 5.77. The van der Waals surface area contributed by atoms with Crippen LogP contribution in [-0.4, -0.2) is 19.5 Å². The quantitative estimate of drug-likeness (QED) is 0.625. The Bertz CT molecular complexity index is 961. The molecule has 0 amide bonds. The Morgan fingerprint density at radius 2 is 1.67 bits per heavy atom. The van der Waals surface area contributed by atoms with Crippen molar-refractivity contribution in [2.24, 2.45) is 0 Å². The molecule has 0 atom stereocenters. The molecule has 0 fully saturated rings. The number of nitrogens with zero attached hydrogens (tertiary/aromatic N) is 4. The summed E-state index contributed by atoms with van der Waals surface area (Å²) in [6.07, 6.45) is 4.11. The van der Waals surface area contributed by atoms with Crippen LogP contribution in [0, 0.1) is 5.82 Å². The summed E-state index contributed by atoms with van der Waals surface area (Å²) in [5.41, 5.74) is 4.17. The summed E-state index contributed by atoms with van der Waals surface area (Å²) in [6, 6.07) is 16.2. The maximum atomic E-state index is 12.8. The van der Waals surface area contributed by atoms with Gasteiger partial charge in [-0.05, 0) is 29.8 Å². The number of halogens is 1. The van der Waals surface area contributed by atoms with E-state index in [2.05, 4.69) is 24.8 Å². The molecular formula is C18H14FN5.